The summed E-state index contributed by atoms with van der Waals surface area (Å²) >= 11 is 0. The third-order valence-electron chi connectivity index (χ3n) is 3.52. The van der Waals surface area contributed by atoms with Crippen molar-refractivity contribution in [2.75, 3.05) is 25.1 Å². The van der Waals surface area contributed by atoms with Gasteiger partial charge in [0.15, 0.2) is 0 Å². The summed E-state index contributed by atoms with van der Waals surface area (Å²) in [5.41, 5.74) is 7.40. The molecule has 1 aliphatic heterocycles. The lowest BCUT2D eigenvalue weighted by Crippen LogP contribution is -2.47. The lowest BCUT2D eigenvalue weighted by Gasteiger charge is -2.36. The molecule has 1 fully saturated rings. The largest absolute Gasteiger partial charge is 0.464 e. The fourth-order valence-corrected chi connectivity index (χ4v) is 2.17. The number of aromatic nitrogens is 1. The van der Waals surface area contributed by atoms with E-state index in [4.69, 9.17) is 5.73 Å². The van der Waals surface area contributed by atoms with Crippen molar-refractivity contribution >= 4 is 11.7 Å². The van der Waals surface area contributed by atoms with Gasteiger partial charge in [-0.05, 0) is 24.5 Å². The van der Waals surface area contributed by atoms with Crippen molar-refractivity contribution in [3.8, 4) is 0 Å². The van der Waals surface area contributed by atoms with Crippen LogP contribution in [0.25, 0.3) is 0 Å². The molecule has 0 amide bonds. The molecule has 5 heteroatoms. The molecule has 1 aliphatic rings. The number of piperidine rings is 1. The number of nitrogens with zero attached hydrogens (tertiary/aromatic N) is 2. The average molecular weight is 249 g/mol. The predicted molar refractivity (Wildman–Crippen MR) is 69.5 cm³/mol. The molecule has 0 bridgehead atoms. The molecule has 1 aromatic rings. The van der Waals surface area contributed by atoms with Gasteiger partial charge in [0.05, 0.1) is 7.11 Å². The van der Waals surface area contributed by atoms with E-state index in [0.717, 1.165) is 25.2 Å². The molecular weight excluding hydrogens is 230 g/mol. The van der Waals surface area contributed by atoms with Gasteiger partial charge in [-0.3, -0.25) is 0 Å². The molecule has 0 spiro atoms. The molecule has 2 atom stereocenters. The van der Waals surface area contributed by atoms with E-state index in [0.29, 0.717) is 11.6 Å². The topological polar surface area (TPSA) is 68.5 Å². The highest BCUT2D eigenvalue weighted by atomic mass is 16.5. The fraction of sp³-hybridized carbons (Fsp3) is 0.538. The van der Waals surface area contributed by atoms with E-state index in [1.165, 1.54) is 7.11 Å². The van der Waals surface area contributed by atoms with Crippen LogP contribution >= 0.6 is 0 Å². The van der Waals surface area contributed by atoms with Gasteiger partial charge in [0, 0.05) is 31.0 Å². The molecule has 0 saturated carbocycles. The molecule has 98 valence electrons. The molecule has 2 rings (SSSR count). The SMILES string of the molecule is COC(=O)c1cc(N2CCC(C)C(N)C2)ccn1. The number of carbonyl (C=O) groups is 1. The summed E-state index contributed by atoms with van der Waals surface area (Å²) in [4.78, 5) is 17.6. The second kappa shape index (κ2) is 5.35. The normalized spacial score (nSPS) is 23.8. The first kappa shape index (κ1) is 12.8. The summed E-state index contributed by atoms with van der Waals surface area (Å²) in [6, 6.07) is 3.83. The number of methoxy groups -OCH3 is 1. The van der Waals surface area contributed by atoms with E-state index in [1.807, 2.05) is 6.07 Å². The second-order valence-corrected chi connectivity index (χ2v) is 4.77. The van der Waals surface area contributed by atoms with Crippen molar-refractivity contribution in [1.82, 2.24) is 4.98 Å². The first-order chi connectivity index (χ1) is 8.61. The number of hydrogen-bond donors (Lipinski definition) is 1. The third kappa shape index (κ3) is 2.61. The number of rotatable bonds is 2. The summed E-state index contributed by atoms with van der Waals surface area (Å²) in [6.45, 7) is 3.94. The average Bonchev–Trinajstić information content (AvgIpc) is 2.41. The van der Waals surface area contributed by atoms with E-state index in [-0.39, 0.29) is 6.04 Å². The fourth-order valence-electron chi connectivity index (χ4n) is 2.17. The summed E-state index contributed by atoms with van der Waals surface area (Å²) in [7, 11) is 1.36. The second-order valence-electron chi connectivity index (χ2n) is 4.77. The van der Waals surface area contributed by atoms with Crippen LogP contribution in [-0.2, 0) is 4.74 Å². The molecule has 2 unspecified atom stereocenters. The van der Waals surface area contributed by atoms with Crippen LogP contribution in [0.3, 0.4) is 0 Å². The van der Waals surface area contributed by atoms with E-state index < -0.39 is 5.97 Å². The van der Waals surface area contributed by atoms with Crippen LogP contribution in [0.5, 0.6) is 0 Å². The highest BCUT2D eigenvalue weighted by Gasteiger charge is 2.23. The molecule has 0 aliphatic carbocycles. The molecule has 5 nitrogen and oxygen atoms in total. The Kier molecular flexibility index (Phi) is 3.81. The van der Waals surface area contributed by atoms with Crippen LogP contribution in [0.4, 0.5) is 5.69 Å². The Bertz CT molecular complexity index is 436. The van der Waals surface area contributed by atoms with Crippen molar-refractivity contribution in [1.29, 1.82) is 0 Å². The number of pyridine rings is 1. The number of esters is 1. The molecule has 0 aromatic carbocycles. The van der Waals surface area contributed by atoms with Crippen LogP contribution < -0.4 is 10.6 Å². The van der Waals surface area contributed by atoms with Gasteiger partial charge in [0.25, 0.3) is 0 Å². The Morgan fingerprint density at radius 3 is 3.06 bits per heavy atom. The number of anilines is 1. The van der Waals surface area contributed by atoms with Gasteiger partial charge >= 0.3 is 5.97 Å². The summed E-state index contributed by atoms with van der Waals surface area (Å²) in [5, 5.41) is 0. The number of hydrogen-bond acceptors (Lipinski definition) is 5. The molecule has 2 N–H and O–H groups in total. The van der Waals surface area contributed by atoms with E-state index in [2.05, 4.69) is 21.5 Å². The van der Waals surface area contributed by atoms with Crippen molar-refractivity contribution in [2.24, 2.45) is 11.7 Å². The van der Waals surface area contributed by atoms with Crippen LogP contribution in [0.1, 0.15) is 23.8 Å². The van der Waals surface area contributed by atoms with Crippen molar-refractivity contribution in [2.45, 2.75) is 19.4 Å². The lowest BCUT2D eigenvalue weighted by molar-refractivity contribution is 0.0594. The van der Waals surface area contributed by atoms with Gasteiger partial charge in [-0.2, -0.15) is 0 Å². The first-order valence-corrected chi connectivity index (χ1v) is 6.16. The molecule has 18 heavy (non-hydrogen) atoms. The Morgan fingerprint density at radius 2 is 2.39 bits per heavy atom. The standard InChI is InChI=1S/C13H19N3O2/c1-9-4-6-16(8-11(9)14)10-3-5-15-12(7-10)13(17)18-2/h3,5,7,9,11H,4,6,8,14H2,1-2H3. The maximum atomic E-state index is 11.4. The maximum absolute atomic E-state index is 11.4. The predicted octanol–water partition coefficient (Wildman–Crippen LogP) is 1.04. The zero-order valence-corrected chi connectivity index (χ0v) is 10.8. The van der Waals surface area contributed by atoms with E-state index in [1.54, 1.807) is 12.3 Å². The lowest BCUT2D eigenvalue weighted by atomic mass is 9.94. The molecular formula is C13H19N3O2. The highest BCUT2D eigenvalue weighted by Crippen LogP contribution is 2.22. The zero-order valence-electron chi connectivity index (χ0n) is 10.8. The van der Waals surface area contributed by atoms with Gasteiger partial charge in [0.2, 0.25) is 0 Å². The number of carbonyl (C=O) groups excluding carboxylic acids is 1. The van der Waals surface area contributed by atoms with Crippen LogP contribution in [0.2, 0.25) is 0 Å². The number of ether oxygens (including phenoxy) is 1. The number of nitrogens with two attached hydrogens (primary N) is 1. The molecule has 1 aromatic heterocycles. The minimum atomic E-state index is -0.411. The van der Waals surface area contributed by atoms with Crippen LogP contribution in [0, 0.1) is 5.92 Å². The zero-order chi connectivity index (χ0) is 13.1. The van der Waals surface area contributed by atoms with Gasteiger partial charge in [-0.25, -0.2) is 9.78 Å². The Balaban J connectivity index is 2.16. The first-order valence-electron chi connectivity index (χ1n) is 6.16. The van der Waals surface area contributed by atoms with Gasteiger partial charge < -0.3 is 15.4 Å². The van der Waals surface area contributed by atoms with Crippen molar-refractivity contribution in [3.05, 3.63) is 24.0 Å². The monoisotopic (exact) mass is 249 g/mol. The quantitative estimate of drug-likeness (QED) is 0.793. The minimum absolute atomic E-state index is 0.175. The van der Waals surface area contributed by atoms with Crippen LogP contribution in [0.15, 0.2) is 18.3 Å². The van der Waals surface area contributed by atoms with Crippen molar-refractivity contribution in [3.63, 3.8) is 0 Å². The Morgan fingerprint density at radius 1 is 1.61 bits per heavy atom. The molecule has 2 heterocycles. The molecule has 0 radical (unpaired) electrons. The van der Waals surface area contributed by atoms with Crippen molar-refractivity contribution < 1.29 is 9.53 Å². The van der Waals surface area contributed by atoms with Crippen LogP contribution in [-0.4, -0.2) is 37.2 Å². The summed E-state index contributed by atoms with van der Waals surface area (Å²) < 4.78 is 4.67. The summed E-state index contributed by atoms with van der Waals surface area (Å²) in [6.07, 6.45) is 2.70. The Labute approximate surface area is 107 Å². The summed E-state index contributed by atoms with van der Waals surface area (Å²) in [5.74, 6) is 0.134. The maximum Gasteiger partial charge on any atom is 0.356 e. The minimum Gasteiger partial charge on any atom is -0.464 e. The smallest absolute Gasteiger partial charge is 0.356 e. The van der Waals surface area contributed by atoms with E-state index in [9.17, 15) is 4.79 Å². The van der Waals surface area contributed by atoms with Gasteiger partial charge in [0.1, 0.15) is 5.69 Å². The van der Waals surface area contributed by atoms with E-state index >= 15 is 0 Å². The highest BCUT2D eigenvalue weighted by molar-refractivity contribution is 5.88. The molecule has 1 saturated heterocycles. The van der Waals surface area contributed by atoms with Gasteiger partial charge in [-0.15, -0.1) is 0 Å². The Hall–Kier alpha value is -1.62. The third-order valence-corrected chi connectivity index (χ3v) is 3.52. The van der Waals surface area contributed by atoms with Gasteiger partial charge in [-0.1, -0.05) is 6.92 Å².